The zero-order chi connectivity index (χ0) is 14.7. The number of carbonyl (C=O) groups excluding carboxylic acids is 1. The van der Waals surface area contributed by atoms with Gasteiger partial charge in [-0.3, -0.25) is 4.79 Å². The molecule has 1 aromatic heterocycles. The second-order valence-corrected chi connectivity index (χ2v) is 5.47. The number of hydrogen-bond donors (Lipinski definition) is 1. The average Bonchev–Trinajstić information content (AvgIpc) is 2.46. The van der Waals surface area contributed by atoms with Gasteiger partial charge in [0.1, 0.15) is 12.1 Å². The maximum absolute atomic E-state index is 12.1. The van der Waals surface area contributed by atoms with Gasteiger partial charge < -0.3 is 10.2 Å². The molecule has 3 rings (SSSR count). The van der Waals surface area contributed by atoms with Crippen molar-refractivity contribution in [3.05, 3.63) is 53.4 Å². The van der Waals surface area contributed by atoms with E-state index in [1.54, 1.807) is 18.3 Å². The Bertz CT molecular complexity index is 611. The number of amides is 1. The molecule has 2 heterocycles. The van der Waals surface area contributed by atoms with E-state index in [4.69, 9.17) is 11.6 Å². The van der Waals surface area contributed by atoms with E-state index >= 15 is 0 Å². The summed E-state index contributed by atoms with van der Waals surface area (Å²) >= 11 is 5.83. The molecule has 1 aliphatic rings. The Morgan fingerprint density at radius 2 is 2.05 bits per heavy atom. The number of likely N-dealkylation sites (tertiary alicyclic amines) is 1. The fourth-order valence-electron chi connectivity index (χ4n) is 2.25. The minimum absolute atomic E-state index is 0.137. The van der Waals surface area contributed by atoms with Crippen LogP contribution in [0.5, 0.6) is 0 Å². The molecule has 6 heteroatoms. The van der Waals surface area contributed by atoms with Crippen molar-refractivity contribution in [1.29, 1.82) is 0 Å². The third-order valence-electron chi connectivity index (χ3n) is 3.44. The van der Waals surface area contributed by atoms with Crippen molar-refractivity contribution >= 4 is 23.3 Å². The van der Waals surface area contributed by atoms with Crippen LogP contribution in [0.1, 0.15) is 5.56 Å². The summed E-state index contributed by atoms with van der Waals surface area (Å²) in [5.74, 6) is 0.929. The lowest BCUT2D eigenvalue weighted by atomic mass is 10.1. The fourth-order valence-corrected chi connectivity index (χ4v) is 2.37. The number of benzene rings is 1. The van der Waals surface area contributed by atoms with Crippen molar-refractivity contribution in [2.24, 2.45) is 0 Å². The molecular formula is C15H15ClN4O. The van der Waals surface area contributed by atoms with Gasteiger partial charge in [-0.15, -0.1) is 0 Å². The molecule has 21 heavy (non-hydrogen) atoms. The van der Waals surface area contributed by atoms with Crippen molar-refractivity contribution < 1.29 is 4.79 Å². The Hall–Kier alpha value is -2.14. The summed E-state index contributed by atoms with van der Waals surface area (Å²) in [4.78, 5) is 21.9. The molecule has 1 N–H and O–H groups in total. The van der Waals surface area contributed by atoms with Crippen LogP contribution in [-0.2, 0) is 11.2 Å². The molecule has 108 valence electrons. The quantitative estimate of drug-likeness (QED) is 0.938. The number of hydrogen-bond acceptors (Lipinski definition) is 4. The summed E-state index contributed by atoms with van der Waals surface area (Å²) in [5, 5.41) is 3.96. The van der Waals surface area contributed by atoms with Crippen LogP contribution in [0, 0.1) is 0 Å². The zero-order valence-electron chi connectivity index (χ0n) is 11.4. The summed E-state index contributed by atoms with van der Waals surface area (Å²) in [7, 11) is 0. The summed E-state index contributed by atoms with van der Waals surface area (Å²) in [6.45, 7) is 1.41. The molecule has 1 amide bonds. The molecule has 0 aliphatic carbocycles. The highest BCUT2D eigenvalue weighted by atomic mass is 35.5. The van der Waals surface area contributed by atoms with Crippen LogP contribution in [0.4, 0.5) is 5.82 Å². The first kappa shape index (κ1) is 13.8. The van der Waals surface area contributed by atoms with Crippen molar-refractivity contribution in [2.45, 2.75) is 12.5 Å². The number of nitrogens with zero attached hydrogens (tertiary/aromatic N) is 3. The average molecular weight is 303 g/mol. The summed E-state index contributed by atoms with van der Waals surface area (Å²) in [6.07, 6.45) is 3.61. The van der Waals surface area contributed by atoms with Gasteiger partial charge >= 0.3 is 0 Å². The molecule has 1 saturated heterocycles. The van der Waals surface area contributed by atoms with Crippen molar-refractivity contribution in [1.82, 2.24) is 14.9 Å². The number of aromatic nitrogens is 2. The minimum Gasteiger partial charge on any atom is -0.364 e. The van der Waals surface area contributed by atoms with Crippen LogP contribution in [0.15, 0.2) is 42.9 Å². The Balaban J connectivity index is 1.47. The predicted octanol–water partition coefficient (Wildman–Crippen LogP) is 2.00. The largest absolute Gasteiger partial charge is 0.364 e. The molecule has 0 bridgehead atoms. The number of halogens is 1. The van der Waals surface area contributed by atoms with Crippen molar-refractivity contribution in [3.8, 4) is 0 Å². The molecule has 1 fully saturated rings. The molecule has 0 radical (unpaired) electrons. The molecule has 0 atom stereocenters. The summed E-state index contributed by atoms with van der Waals surface area (Å²) in [5.41, 5.74) is 0.983. The summed E-state index contributed by atoms with van der Waals surface area (Å²) < 4.78 is 0. The van der Waals surface area contributed by atoms with E-state index in [0.717, 1.165) is 11.4 Å². The fraction of sp³-hybridized carbons (Fsp3) is 0.267. The van der Waals surface area contributed by atoms with Crippen LogP contribution in [0.3, 0.4) is 0 Å². The zero-order valence-corrected chi connectivity index (χ0v) is 12.1. The van der Waals surface area contributed by atoms with E-state index in [9.17, 15) is 4.79 Å². The van der Waals surface area contributed by atoms with E-state index in [1.165, 1.54) is 6.33 Å². The van der Waals surface area contributed by atoms with Crippen LogP contribution < -0.4 is 5.32 Å². The molecular weight excluding hydrogens is 288 g/mol. The van der Waals surface area contributed by atoms with Crippen LogP contribution in [0.2, 0.25) is 5.02 Å². The Kier molecular flexibility index (Phi) is 4.01. The Morgan fingerprint density at radius 1 is 1.29 bits per heavy atom. The predicted molar refractivity (Wildman–Crippen MR) is 81.2 cm³/mol. The van der Waals surface area contributed by atoms with Gasteiger partial charge in [-0.05, 0) is 23.8 Å². The van der Waals surface area contributed by atoms with Gasteiger partial charge in [0.25, 0.3) is 0 Å². The third kappa shape index (κ3) is 3.49. The van der Waals surface area contributed by atoms with Crippen LogP contribution in [0.25, 0.3) is 0 Å². The Labute approximate surface area is 128 Å². The molecule has 0 saturated carbocycles. The first-order valence-electron chi connectivity index (χ1n) is 6.75. The van der Waals surface area contributed by atoms with Crippen molar-refractivity contribution in [2.75, 3.05) is 18.4 Å². The van der Waals surface area contributed by atoms with Gasteiger partial charge in [-0.2, -0.15) is 0 Å². The highest BCUT2D eigenvalue weighted by Gasteiger charge is 2.30. The molecule has 0 unspecified atom stereocenters. The first-order chi connectivity index (χ1) is 10.2. The molecule has 1 aromatic carbocycles. The van der Waals surface area contributed by atoms with Gasteiger partial charge in [0, 0.05) is 24.3 Å². The first-order valence-corrected chi connectivity index (χ1v) is 7.13. The van der Waals surface area contributed by atoms with E-state index in [1.807, 2.05) is 23.1 Å². The SMILES string of the molecule is O=C(Cc1ccc(Cl)cc1)N1CC(Nc2ccncn2)C1. The highest BCUT2D eigenvalue weighted by molar-refractivity contribution is 6.30. The number of nitrogens with one attached hydrogen (secondary N) is 1. The lowest BCUT2D eigenvalue weighted by Gasteiger charge is -2.39. The normalized spacial score (nSPS) is 14.6. The molecule has 2 aromatic rings. The third-order valence-corrected chi connectivity index (χ3v) is 3.69. The van der Waals surface area contributed by atoms with Crippen LogP contribution >= 0.6 is 11.6 Å². The number of rotatable bonds is 4. The Morgan fingerprint density at radius 3 is 2.71 bits per heavy atom. The van der Waals surface area contributed by atoms with Crippen molar-refractivity contribution in [3.63, 3.8) is 0 Å². The number of anilines is 1. The molecule has 1 aliphatic heterocycles. The van der Waals surface area contributed by atoms with Gasteiger partial charge in [0.2, 0.25) is 5.91 Å². The van der Waals surface area contributed by atoms with Gasteiger partial charge in [0.05, 0.1) is 12.5 Å². The lowest BCUT2D eigenvalue weighted by Crippen LogP contribution is -2.57. The smallest absolute Gasteiger partial charge is 0.227 e. The maximum atomic E-state index is 12.1. The minimum atomic E-state index is 0.137. The van der Waals surface area contributed by atoms with E-state index in [-0.39, 0.29) is 11.9 Å². The monoisotopic (exact) mass is 302 g/mol. The van der Waals surface area contributed by atoms with Crippen LogP contribution in [-0.4, -0.2) is 39.9 Å². The standard InChI is InChI=1S/C15H15ClN4O/c16-12-3-1-11(2-4-12)7-15(21)20-8-13(9-20)19-14-5-6-17-10-18-14/h1-6,10,13H,7-9H2,(H,17,18,19). The van der Waals surface area contributed by atoms with E-state index in [0.29, 0.717) is 24.5 Å². The second-order valence-electron chi connectivity index (χ2n) is 5.04. The molecule has 0 spiro atoms. The van der Waals surface area contributed by atoms with E-state index < -0.39 is 0 Å². The maximum Gasteiger partial charge on any atom is 0.227 e. The second kappa shape index (κ2) is 6.10. The highest BCUT2D eigenvalue weighted by Crippen LogP contribution is 2.16. The van der Waals surface area contributed by atoms with Gasteiger partial charge in [0.15, 0.2) is 0 Å². The topological polar surface area (TPSA) is 58.1 Å². The van der Waals surface area contributed by atoms with E-state index in [2.05, 4.69) is 15.3 Å². The lowest BCUT2D eigenvalue weighted by molar-refractivity contribution is -0.134. The summed E-state index contributed by atoms with van der Waals surface area (Å²) in [6, 6.07) is 9.46. The molecule has 5 nitrogen and oxygen atoms in total. The number of carbonyl (C=O) groups is 1. The van der Waals surface area contributed by atoms with Gasteiger partial charge in [-0.1, -0.05) is 23.7 Å². The van der Waals surface area contributed by atoms with Gasteiger partial charge in [-0.25, -0.2) is 9.97 Å².